The number of carbonyl (C=O) groups is 1. The van der Waals surface area contributed by atoms with Gasteiger partial charge < -0.3 is 10.2 Å². The highest BCUT2D eigenvalue weighted by molar-refractivity contribution is 7.99. The lowest BCUT2D eigenvalue weighted by atomic mass is 10.0. The van der Waals surface area contributed by atoms with Crippen LogP contribution in [0.25, 0.3) is 0 Å². The molecule has 0 radical (unpaired) electrons. The van der Waals surface area contributed by atoms with Crippen molar-refractivity contribution in [3.05, 3.63) is 30.3 Å². The van der Waals surface area contributed by atoms with E-state index < -0.39 is 0 Å². The van der Waals surface area contributed by atoms with Crippen molar-refractivity contribution in [2.75, 3.05) is 37.4 Å². The quantitative estimate of drug-likeness (QED) is 0.641. The number of urea groups is 1. The Morgan fingerprint density at radius 3 is 2.95 bits per heavy atom. The largest absolute Gasteiger partial charge is 0.337 e. The van der Waals surface area contributed by atoms with Gasteiger partial charge in [-0.1, -0.05) is 18.2 Å². The van der Waals surface area contributed by atoms with Crippen LogP contribution in [0.4, 0.5) is 4.79 Å². The molecule has 116 valence electrons. The van der Waals surface area contributed by atoms with Gasteiger partial charge in [0.1, 0.15) is 0 Å². The molecule has 0 bridgehead atoms. The topological polar surface area (TPSA) is 32.3 Å². The molecule has 0 unspecified atom stereocenters. The minimum absolute atomic E-state index is 0.106. The van der Waals surface area contributed by atoms with Crippen LogP contribution in [0.5, 0.6) is 0 Å². The molecule has 1 N–H and O–H groups in total. The second-order valence-corrected chi connectivity index (χ2v) is 7.38. The van der Waals surface area contributed by atoms with Crippen molar-refractivity contribution in [1.82, 2.24) is 10.2 Å². The van der Waals surface area contributed by atoms with Crippen LogP contribution in [0.15, 0.2) is 35.2 Å². The Bertz CT molecular complexity index is 426. The van der Waals surface area contributed by atoms with Gasteiger partial charge in [0.2, 0.25) is 0 Å². The maximum atomic E-state index is 12.2. The molecule has 1 heterocycles. The predicted molar refractivity (Wildman–Crippen MR) is 93.2 cm³/mol. The number of carbonyl (C=O) groups excluding carboxylic acids is 1. The summed E-state index contributed by atoms with van der Waals surface area (Å²) in [5.41, 5.74) is 0. The Balaban J connectivity index is 1.65. The van der Waals surface area contributed by atoms with Gasteiger partial charge in [-0.3, -0.25) is 0 Å². The zero-order valence-corrected chi connectivity index (χ0v) is 14.2. The lowest BCUT2D eigenvalue weighted by Crippen LogP contribution is -2.46. The molecule has 1 saturated heterocycles. The molecule has 0 aliphatic carbocycles. The third kappa shape index (κ3) is 5.83. The van der Waals surface area contributed by atoms with Gasteiger partial charge >= 0.3 is 6.03 Å². The Morgan fingerprint density at radius 2 is 2.19 bits per heavy atom. The Morgan fingerprint density at radius 1 is 1.38 bits per heavy atom. The van der Waals surface area contributed by atoms with E-state index in [1.54, 1.807) is 11.8 Å². The van der Waals surface area contributed by atoms with Crippen LogP contribution in [0, 0.1) is 5.92 Å². The number of nitrogens with one attached hydrogen (secondary N) is 1. The van der Waals surface area contributed by atoms with E-state index in [0.717, 1.165) is 37.6 Å². The van der Waals surface area contributed by atoms with Crippen molar-refractivity contribution >= 4 is 29.6 Å². The first kappa shape index (κ1) is 16.6. The van der Waals surface area contributed by atoms with Crippen molar-refractivity contribution in [2.45, 2.75) is 17.7 Å². The summed E-state index contributed by atoms with van der Waals surface area (Å²) in [4.78, 5) is 15.4. The van der Waals surface area contributed by atoms with E-state index in [9.17, 15) is 4.79 Å². The SMILES string of the molecule is CSC[C@@H]1CCCN(C(=O)NCCSc2ccccc2)C1. The van der Waals surface area contributed by atoms with Crippen molar-refractivity contribution in [1.29, 1.82) is 0 Å². The molecular weight excluding hydrogens is 300 g/mol. The number of likely N-dealkylation sites (tertiary alicyclic amines) is 1. The number of benzene rings is 1. The summed E-state index contributed by atoms with van der Waals surface area (Å²) < 4.78 is 0. The highest BCUT2D eigenvalue weighted by atomic mass is 32.2. The van der Waals surface area contributed by atoms with Crippen molar-refractivity contribution in [3.63, 3.8) is 0 Å². The van der Waals surface area contributed by atoms with E-state index in [1.807, 2.05) is 34.9 Å². The second kappa shape index (κ2) is 9.26. The fraction of sp³-hybridized carbons (Fsp3) is 0.562. The van der Waals surface area contributed by atoms with Crippen LogP contribution in [0.1, 0.15) is 12.8 Å². The van der Waals surface area contributed by atoms with Crippen LogP contribution in [0.2, 0.25) is 0 Å². The normalized spacial score (nSPS) is 18.5. The highest BCUT2D eigenvalue weighted by Crippen LogP contribution is 2.20. The molecule has 21 heavy (non-hydrogen) atoms. The maximum Gasteiger partial charge on any atom is 0.317 e. The highest BCUT2D eigenvalue weighted by Gasteiger charge is 2.22. The first-order valence-electron chi connectivity index (χ1n) is 7.49. The number of piperidine rings is 1. The van der Waals surface area contributed by atoms with Crippen LogP contribution in [-0.2, 0) is 0 Å². The molecular formula is C16H24N2OS2. The van der Waals surface area contributed by atoms with Crippen LogP contribution in [0.3, 0.4) is 0 Å². The smallest absolute Gasteiger partial charge is 0.317 e. The molecule has 1 aliphatic heterocycles. The summed E-state index contributed by atoms with van der Waals surface area (Å²) in [7, 11) is 0. The van der Waals surface area contributed by atoms with Crippen LogP contribution < -0.4 is 5.32 Å². The van der Waals surface area contributed by atoms with Gasteiger partial charge in [0.25, 0.3) is 0 Å². The number of amides is 2. The maximum absolute atomic E-state index is 12.2. The van der Waals surface area contributed by atoms with Crippen molar-refractivity contribution < 1.29 is 4.79 Å². The molecule has 1 fully saturated rings. The monoisotopic (exact) mass is 324 g/mol. The van der Waals surface area contributed by atoms with E-state index in [1.165, 1.54) is 11.3 Å². The fourth-order valence-electron chi connectivity index (χ4n) is 2.58. The van der Waals surface area contributed by atoms with E-state index in [4.69, 9.17) is 0 Å². The summed E-state index contributed by atoms with van der Waals surface area (Å²) in [5.74, 6) is 2.74. The lowest BCUT2D eigenvalue weighted by molar-refractivity contribution is 0.171. The average Bonchev–Trinajstić information content (AvgIpc) is 2.53. The number of rotatable bonds is 6. The lowest BCUT2D eigenvalue weighted by Gasteiger charge is -2.32. The molecule has 0 aromatic heterocycles. The molecule has 1 aliphatic rings. The van der Waals surface area contributed by atoms with Gasteiger partial charge in [0.15, 0.2) is 0 Å². The Labute approximate surface area is 136 Å². The zero-order valence-electron chi connectivity index (χ0n) is 12.6. The fourth-order valence-corrected chi connectivity index (χ4v) is 4.11. The van der Waals surface area contributed by atoms with Gasteiger partial charge in [0, 0.05) is 30.3 Å². The summed E-state index contributed by atoms with van der Waals surface area (Å²) in [6.45, 7) is 2.54. The number of hydrogen-bond acceptors (Lipinski definition) is 3. The molecule has 0 spiro atoms. The Kier molecular flexibility index (Phi) is 7.30. The van der Waals surface area contributed by atoms with Gasteiger partial charge in [-0.15, -0.1) is 11.8 Å². The van der Waals surface area contributed by atoms with E-state index in [-0.39, 0.29) is 6.03 Å². The number of hydrogen-bond donors (Lipinski definition) is 1. The van der Waals surface area contributed by atoms with Gasteiger partial charge in [0.05, 0.1) is 0 Å². The van der Waals surface area contributed by atoms with Crippen molar-refractivity contribution in [3.8, 4) is 0 Å². The summed E-state index contributed by atoms with van der Waals surface area (Å²) >= 11 is 3.66. The molecule has 1 aromatic carbocycles. The van der Waals surface area contributed by atoms with E-state index in [2.05, 4.69) is 23.7 Å². The number of nitrogens with zero attached hydrogens (tertiary/aromatic N) is 1. The Hall–Kier alpha value is -0.810. The first-order chi connectivity index (χ1) is 10.3. The molecule has 1 aromatic rings. The standard InChI is InChI=1S/C16H24N2OS2/c1-20-13-14-6-5-10-18(12-14)16(19)17-9-11-21-15-7-3-2-4-8-15/h2-4,7-8,14H,5-6,9-13H2,1H3,(H,17,19)/t14-/m1/s1. The molecule has 1 atom stereocenters. The third-order valence-corrected chi connectivity index (χ3v) is 5.42. The number of thioether (sulfide) groups is 2. The first-order valence-corrected chi connectivity index (χ1v) is 9.87. The average molecular weight is 325 g/mol. The van der Waals surface area contributed by atoms with Crippen LogP contribution in [-0.4, -0.2) is 48.3 Å². The summed E-state index contributed by atoms with van der Waals surface area (Å²) in [6, 6.07) is 10.4. The third-order valence-electron chi connectivity index (χ3n) is 3.60. The summed E-state index contributed by atoms with van der Waals surface area (Å²) in [6.07, 6.45) is 4.53. The van der Waals surface area contributed by atoms with Crippen LogP contribution >= 0.6 is 23.5 Å². The molecule has 5 heteroatoms. The van der Waals surface area contributed by atoms with Gasteiger partial charge in [-0.2, -0.15) is 11.8 Å². The van der Waals surface area contributed by atoms with Crippen molar-refractivity contribution in [2.24, 2.45) is 5.92 Å². The van der Waals surface area contributed by atoms with Gasteiger partial charge in [-0.25, -0.2) is 4.79 Å². The second-order valence-electron chi connectivity index (χ2n) is 5.30. The van der Waals surface area contributed by atoms with Gasteiger partial charge in [-0.05, 0) is 42.9 Å². The predicted octanol–water partition coefficient (Wildman–Crippen LogP) is 3.56. The zero-order chi connectivity index (χ0) is 14.9. The molecule has 2 amide bonds. The minimum Gasteiger partial charge on any atom is -0.337 e. The molecule has 3 nitrogen and oxygen atoms in total. The summed E-state index contributed by atoms with van der Waals surface area (Å²) in [5, 5.41) is 3.04. The van der Waals surface area contributed by atoms with E-state index in [0.29, 0.717) is 5.92 Å². The van der Waals surface area contributed by atoms with E-state index >= 15 is 0 Å². The molecule has 2 rings (SSSR count). The molecule has 0 saturated carbocycles. The minimum atomic E-state index is 0.106.